The Morgan fingerprint density at radius 3 is 2.78 bits per heavy atom. The Hall–Kier alpha value is -2.35. The van der Waals surface area contributed by atoms with Crippen LogP contribution in [0.4, 0.5) is 4.39 Å². The van der Waals surface area contributed by atoms with Crippen LogP contribution in [0.5, 0.6) is 0 Å². The number of carbonyl (C=O) groups excluding carboxylic acids is 1. The van der Waals surface area contributed by atoms with Gasteiger partial charge in [0.15, 0.2) is 0 Å². The van der Waals surface area contributed by atoms with Gasteiger partial charge in [-0.3, -0.25) is 9.59 Å². The summed E-state index contributed by atoms with van der Waals surface area (Å²) in [6, 6.07) is 3.98. The highest BCUT2D eigenvalue weighted by atomic mass is 19.1. The largest absolute Gasteiger partial charge is 0.481 e. The van der Waals surface area contributed by atoms with Crippen molar-refractivity contribution in [1.29, 1.82) is 0 Å². The summed E-state index contributed by atoms with van der Waals surface area (Å²) in [7, 11) is 0. The Morgan fingerprint density at radius 1 is 1.44 bits per heavy atom. The van der Waals surface area contributed by atoms with Crippen LogP contribution in [0.2, 0.25) is 0 Å². The Balaban J connectivity index is 2.80. The molecule has 0 saturated carbocycles. The van der Waals surface area contributed by atoms with Crippen molar-refractivity contribution in [2.75, 3.05) is 6.54 Å². The van der Waals surface area contributed by atoms with E-state index in [1.807, 2.05) is 0 Å². The van der Waals surface area contributed by atoms with Crippen molar-refractivity contribution < 1.29 is 19.1 Å². The van der Waals surface area contributed by atoms with Gasteiger partial charge in [-0.2, -0.15) is 0 Å². The number of nitrogens with one attached hydrogen (secondary N) is 1. The maximum absolute atomic E-state index is 13.4. The van der Waals surface area contributed by atoms with E-state index in [9.17, 15) is 14.0 Å². The number of benzene rings is 1. The SMILES string of the molecule is CC(=O)NCC#Cc1cc(CC(=O)O)ccc1F. The molecule has 0 aromatic heterocycles. The minimum Gasteiger partial charge on any atom is -0.481 e. The standard InChI is InChI=1S/C13H12FNO3/c1-9(16)15-6-2-3-11-7-10(8-13(17)18)4-5-12(11)14/h4-5,7H,6,8H2,1H3,(H,15,16)(H,17,18). The molecule has 0 radical (unpaired) electrons. The van der Waals surface area contributed by atoms with Gasteiger partial charge < -0.3 is 10.4 Å². The van der Waals surface area contributed by atoms with E-state index in [1.54, 1.807) is 0 Å². The Bertz CT molecular complexity index is 529. The van der Waals surface area contributed by atoms with Gasteiger partial charge in [0.05, 0.1) is 18.5 Å². The number of halogens is 1. The van der Waals surface area contributed by atoms with E-state index >= 15 is 0 Å². The lowest BCUT2D eigenvalue weighted by Crippen LogP contribution is -2.19. The summed E-state index contributed by atoms with van der Waals surface area (Å²) in [5.41, 5.74) is 0.604. The van der Waals surface area contributed by atoms with Gasteiger partial charge in [-0.25, -0.2) is 4.39 Å². The number of rotatable bonds is 3. The fraction of sp³-hybridized carbons (Fsp3) is 0.231. The van der Waals surface area contributed by atoms with Crippen LogP contribution < -0.4 is 5.32 Å². The minimum absolute atomic E-state index is 0.123. The van der Waals surface area contributed by atoms with E-state index in [1.165, 1.54) is 25.1 Å². The number of amides is 1. The lowest BCUT2D eigenvalue weighted by atomic mass is 10.1. The topological polar surface area (TPSA) is 66.4 Å². The second-order valence-electron chi connectivity index (χ2n) is 3.60. The van der Waals surface area contributed by atoms with Crippen LogP contribution >= 0.6 is 0 Å². The number of carbonyl (C=O) groups is 2. The van der Waals surface area contributed by atoms with Gasteiger partial charge in [0.25, 0.3) is 0 Å². The molecule has 0 aliphatic carbocycles. The lowest BCUT2D eigenvalue weighted by molar-refractivity contribution is -0.136. The number of hydrogen-bond donors (Lipinski definition) is 2. The fourth-order valence-electron chi connectivity index (χ4n) is 1.26. The summed E-state index contributed by atoms with van der Waals surface area (Å²) < 4.78 is 13.4. The molecule has 0 unspecified atom stereocenters. The fourth-order valence-corrected chi connectivity index (χ4v) is 1.26. The average molecular weight is 249 g/mol. The second-order valence-corrected chi connectivity index (χ2v) is 3.60. The molecule has 1 rings (SSSR count). The molecule has 0 aliphatic heterocycles. The Morgan fingerprint density at radius 2 is 2.17 bits per heavy atom. The maximum Gasteiger partial charge on any atom is 0.307 e. The molecule has 4 nitrogen and oxygen atoms in total. The van der Waals surface area contributed by atoms with E-state index in [0.29, 0.717) is 5.56 Å². The summed E-state index contributed by atoms with van der Waals surface area (Å²) in [5.74, 6) is 3.41. The van der Waals surface area contributed by atoms with Gasteiger partial charge >= 0.3 is 5.97 Å². The van der Waals surface area contributed by atoms with Gasteiger partial charge in [-0.1, -0.05) is 17.9 Å². The van der Waals surface area contributed by atoms with Crippen LogP contribution in [-0.4, -0.2) is 23.5 Å². The summed E-state index contributed by atoms with van der Waals surface area (Å²) in [4.78, 5) is 21.1. The van der Waals surface area contributed by atoms with E-state index in [-0.39, 0.29) is 24.4 Å². The number of carboxylic acid groups (broad SMARTS) is 1. The van der Waals surface area contributed by atoms with Gasteiger partial charge in [-0.15, -0.1) is 0 Å². The van der Waals surface area contributed by atoms with Crippen molar-refractivity contribution >= 4 is 11.9 Å². The first kappa shape index (κ1) is 13.7. The number of aliphatic carboxylic acids is 1. The third-order valence-electron chi connectivity index (χ3n) is 2.03. The van der Waals surface area contributed by atoms with Crippen molar-refractivity contribution in [3.63, 3.8) is 0 Å². The quantitative estimate of drug-likeness (QED) is 0.783. The Labute approximate surface area is 104 Å². The predicted molar refractivity (Wildman–Crippen MR) is 63.3 cm³/mol. The van der Waals surface area contributed by atoms with Crippen molar-refractivity contribution in [2.24, 2.45) is 0 Å². The first-order valence-electron chi connectivity index (χ1n) is 5.22. The molecular formula is C13H12FNO3. The molecule has 0 aliphatic rings. The maximum atomic E-state index is 13.4. The van der Waals surface area contributed by atoms with Gasteiger partial charge in [0, 0.05) is 6.92 Å². The molecule has 0 fully saturated rings. The van der Waals surface area contributed by atoms with Crippen molar-refractivity contribution in [1.82, 2.24) is 5.32 Å². The highest BCUT2D eigenvalue weighted by Crippen LogP contribution is 2.10. The number of hydrogen-bond acceptors (Lipinski definition) is 2. The van der Waals surface area contributed by atoms with Gasteiger partial charge in [0.1, 0.15) is 5.82 Å². The van der Waals surface area contributed by atoms with Crippen molar-refractivity contribution in [2.45, 2.75) is 13.3 Å². The van der Waals surface area contributed by atoms with Crippen molar-refractivity contribution in [3.8, 4) is 11.8 Å². The molecule has 18 heavy (non-hydrogen) atoms. The molecule has 1 aromatic carbocycles. The Kier molecular flexibility index (Phi) is 4.88. The van der Waals surface area contributed by atoms with E-state index < -0.39 is 11.8 Å². The van der Waals surface area contributed by atoms with Crippen molar-refractivity contribution in [3.05, 3.63) is 35.1 Å². The first-order valence-corrected chi connectivity index (χ1v) is 5.22. The number of carboxylic acids is 1. The minimum atomic E-state index is -0.987. The summed E-state index contributed by atoms with van der Waals surface area (Å²) >= 11 is 0. The third-order valence-corrected chi connectivity index (χ3v) is 2.03. The van der Waals surface area contributed by atoms with Crippen LogP contribution in [0, 0.1) is 17.7 Å². The third kappa shape index (κ3) is 4.66. The second kappa shape index (κ2) is 6.40. The average Bonchev–Trinajstić information content (AvgIpc) is 2.27. The molecular weight excluding hydrogens is 237 g/mol. The molecule has 0 atom stereocenters. The molecule has 1 aromatic rings. The molecule has 94 valence electrons. The van der Waals surface area contributed by atoms with Crippen LogP contribution in [0.15, 0.2) is 18.2 Å². The molecule has 0 saturated heterocycles. The normalized spacial score (nSPS) is 9.22. The van der Waals surface area contributed by atoms with Crippen LogP contribution in [0.1, 0.15) is 18.1 Å². The highest BCUT2D eigenvalue weighted by Gasteiger charge is 2.04. The zero-order valence-corrected chi connectivity index (χ0v) is 9.79. The lowest BCUT2D eigenvalue weighted by Gasteiger charge is -1.99. The molecule has 5 heteroatoms. The molecule has 1 amide bonds. The smallest absolute Gasteiger partial charge is 0.307 e. The predicted octanol–water partition coefficient (Wildman–Crippen LogP) is 0.940. The zero-order chi connectivity index (χ0) is 13.5. The van der Waals surface area contributed by atoms with Crippen LogP contribution in [0.3, 0.4) is 0 Å². The molecule has 0 spiro atoms. The van der Waals surface area contributed by atoms with Crippen LogP contribution in [0.25, 0.3) is 0 Å². The molecule has 0 bridgehead atoms. The van der Waals surface area contributed by atoms with Gasteiger partial charge in [-0.05, 0) is 17.7 Å². The monoisotopic (exact) mass is 249 g/mol. The highest BCUT2D eigenvalue weighted by molar-refractivity contribution is 5.73. The van der Waals surface area contributed by atoms with E-state index in [4.69, 9.17) is 5.11 Å². The zero-order valence-electron chi connectivity index (χ0n) is 9.79. The summed E-state index contributed by atoms with van der Waals surface area (Å²) in [6.45, 7) is 1.48. The van der Waals surface area contributed by atoms with Gasteiger partial charge in [0.2, 0.25) is 5.91 Å². The molecule has 2 N–H and O–H groups in total. The first-order chi connectivity index (χ1) is 8.49. The van der Waals surface area contributed by atoms with Crippen LogP contribution in [-0.2, 0) is 16.0 Å². The summed E-state index contributed by atoms with van der Waals surface area (Å²) in [6.07, 6.45) is -0.180. The molecule has 0 heterocycles. The summed E-state index contributed by atoms with van der Waals surface area (Å²) in [5, 5.41) is 11.1. The van der Waals surface area contributed by atoms with E-state index in [2.05, 4.69) is 17.2 Å². The van der Waals surface area contributed by atoms with E-state index in [0.717, 1.165) is 0 Å².